The number of aromatic nitrogens is 1. The van der Waals surface area contributed by atoms with Gasteiger partial charge in [0.25, 0.3) is 5.91 Å². The zero-order chi connectivity index (χ0) is 23.4. The van der Waals surface area contributed by atoms with Gasteiger partial charge < -0.3 is 20.0 Å². The van der Waals surface area contributed by atoms with Crippen LogP contribution in [0.1, 0.15) is 48.8 Å². The molecule has 0 saturated carbocycles. The van der Waals surface area contributed by atoms with Crippen LogP contribution in [-0.2, 0) is 9.59 Å². The maximum atomic E-state index is 12.7. The Kier molecular flexibility index (Phi) is 6.88. The predicted octanol–water partition coefficient (Wildman–Crippen LogP) is 4.09. The number of thiazole rings is 1. The van der Waals surface area contributed by atoms with E-state index in [4.69, 9.17) is 4.42 Å². The highest BCUT2D eigenvalue weighted by Gasteiger charge is 2.29. The lowest BCUT2D eigenvalue weighted by Gasteiger charge is -2.30. The number of amides is 3. The first-order valence-corrected chi connectivity index (χ1v) is 11.8. The Morgan fingerprint density at radius 3 is 2.52 bits per heavy atom. The fraction of sp³-hybridized carbons (Fsp3) is 0.333. The van der Waals surface area contributed by atoms with Crippen molar-refractivity contribution in [2.45, 2.75) is 32.7 Å². The van der Waals surface area contributed by atoms with Gasteiger partial charge in [-0.05, 0) is 37.5 Å². The number of anilines is 1. The highest BCUT2D eigenvalue weighted by Crippen LogP contribution is 2.28. The zero-order valence-electron chi connectivity index (χ0n) is 18.5. The summed E-state index contributed by atoms with van der Waals surface area (Å²) in [4.78, 5) is 42.6. The highest BCUT2D eigenvalue weighted by atomic mass is 32.1. The lowest BCUT2D eigenvalue weighted by molar-refractivity contribution is -0.121. The van der Waals surface area contributed by atoms with Crippen LogP contribution < -0.4 is 10.6 Å². The van der Waals surface area contributed by atoms with Crippen molar-refractivity contribution in [3.63, 3.8) is 0 Å². The highest BCUT2D eigenvalue weighted by molar-refractivity contribution is 7.14. The largest absolute Gasteiger partial charge is 0.459 e. The third-order valence-corrected chi connectivity index (χ3v) is 6.50. The quantitative estimate of drug-likeness (QED) is 0.569. The summed E-state index contributed by atoms with van der Waals surface area (Å²) in [5.74, 6) is -0.110. The molecule has 2 aromatic heterocycles. The van der Waals surface area contributed by atoms with Crippen molar-refractivity contribution in [3.8, 4) is 11.3 Å². The maximum Gasteiger partial charge on any atom is 0.289 e. The second kappa shape index (κ2) is 9.99. The Morgan fingerprint density at radius 2 is 1.88 bits per heavy atom. The molecule has 1 unspecified atom stereocenters. The molecule has 172 valence electrons. The van der Waals surface area contributed by atoms with Gasteiger partial charge in [0.1, 0.15) is 0 Å². The van der Waals surface area contributed by atoms with Gasteiger partial charge in [-0.1, -0.05) is 24.3 Å². The monoisotopic (exact) mass is 466 g/mol. The van der Waals surface area contributed by atoms with E-state index in [1.165, 1.54) is 24.5 Å². The molecule has 1 fully saturated rings. The molecule has 0 bridgehead atoms. The number of carbonyl (C=O) groups excluding carboxylic acids is 3. The van der Waals surface area contributed by atoms with Crippen LogP contribution in [0.5, 0.6) is 0 Å². The molecule has 3 heterocycles. The Bertz CT molecular complexity index is 1120. The number of benzene rings is 1. The fourth-order valence-corrected chi connectivity index (χ4v) is 4.63. The number of hydrogen-bond acceptors (Lipinski definition) is 6. The lowest BCUT2D eigenvalue weighted by atomic mass is 9.96. The molecule has 2 N–H and O–H groups in total. The van der Waals surface area contributed by atoms with Crippen molar-refractivity contribution < 1.29 is 18.8 Å². The number of likely N-dealkylation sites (tertiary alicyclic amines) is 1. The minimum atomic E-state index is -0.160. The van der Waals surface area contributed by atoms with Crippen LogP contribution in [0.3, 0.4) is 0 Å². The number of carbonyl (C=O) groups is 3. The summed E-state index contributed by atoms with van der Waals surface area (Å²) in [6, 6.07) is 11.1. The third-order valence-electron chi connectivity index (χ3n) is 5.75. The molecule has 3 amide bonds. The van der Waals surface area contributed by atoms with Crippen molar-refractivity contribution in [2.24, 2.45) is 5.92 Å². The smallest absolute Gasteiger partial charge is 0.289 e. The van der Waals surface area contributed by atoms with E-state index in [0.29, 0.717) is 36.8 Å². The standard InChI is InChI=1S/C24H26N4O4S/c1-15(25-16(2)29)17-5-7-18(8-6-17)20-14-33-24(26-20)27-22(30)19-9-11-28(12-10-19)23(31)21-4-3-13-32-21/h3-8,13-15,19H,9-12H2,1-2H3,(H,25,29)(H,26,27,30). The van der Waals surface area contributed by atoms with Crippen LogP contribution in [0.2, 0.25) is 0 Å². The summed E-state index contributed by atoms with van der Waals surface area (Å²) in [6.07, 6.45) is 2.69. The molecule has 0 radical (unpaired) electrons. The second-order valence-electron chi connectivity index (χ2n) is 8.12. The van der Waals surface area contributed by atoms with Gasteiger partial charge in [-0.2, -0.15) is 0 Å². The van der Waals surface area contributed by atoms with Crippen LogP contribution in [-0.4, -0.2) is 40.7 Å². The molecule has 0 aliphatic carbocycles. The molecular weight excluding hydrogens is 440 g/mol. The van der Waals surface area contributed by atoms with Crippen molar-refractivity contribution in [1.82, 2.24) is 15.2 Å². The van der Waals surface area contributed by atoms with Crippen molar-refractivity contribution in [2.75, 3.05) is 18.4 Å². The molecule has 1 aromatic carbocycles. The molecule has 1 aliphatic heterocycles. The Morgan fingerprint density at radius 1 is 1.15 bits per heavy atom. The summed E-state index contributed by atoms with van der Waals surface area (Å²) < 4.78 is 5.18. The molecule has 3 aromatic rings. The van der Waals surface area contributed by atoms with Crippen molar-refractivity contribution in [1.29, 1.82) is 0 Å². The van der Waals surface area contributed by atoms with Gasteiger partial charge in [0, 0.05) is 36.9 Å². The van der Waals surface area contributed by atoms with E-state index in [0.717, 1.165) is 16.8 Å². The fourth-order valence-electron chi connectivity index (χ4n) is 3.90. The van der Waals surface area contributed by atoms with Crippen LogP contribution in [0.4, 0.5) is 5.13 Å². The van der Waals surface area contributed by atoms with Crippen molar-refractivity contribution >= 4 is 34.2 Å². The first-order valence-electron chi connectivity index (χ1n) is 10.9. The first-order chi connectivity index (χ1) is 15.9. The number of nitrogens with zero attached hydrogens (tertiary/aromatic N) is 2. The number of nitrogens with one attached hydrogen (secondary N) is 2. The van der Waals surface area contributed by atoms with Gasteiger partial charge in [0.15, 0.2) is 10.9 Å². The summed E-state index contributed by atoms with van der Waals surface area (Å²) in [5.41, 5.74) is 2.73. The first kappa shape index (κ1) is 22.7. The Labute approximate surface area is 196 Å². The van der Waals surface area contributed by atoms with Gasteiger partial charge in [-0.25, -0.2) is 4.98 Å². The van der Waals surface area contributed by atoms with E-state index >= 15 is 0 Å². The molecule has 9 heteroatoms. The van der Waals surface area contributed by atoms with Gasteiger partial charge in [-0.3, -0.25) is 14.4 Å². The number of hydrogen-bond donors (Lipinski definition) is 2. The maximum absolute atomic E-state index is 12.7. The summed E-state index contributed by atoms with van der Waals surface area (Å²) in [6.45, 7) is 4.47. The summed E-state index contributed by atoms with van der Waals surface area (Å²) in [7, 11) is 0. The number of furan rings is 1. The number of rotatable bonds is 6. The van der Waals surface area contributed by atoms with E-state index in [1.807, 2.05) is 36.6 Å². The van der Waals surface area contributed by atoms with E-state index in [9.17, 15) is 14.4 Å². The predicted molar refractivity (Wildman–Crippen MR) is 126 cm³/mol. The molecule has 4 rings (SSSR count). The average Bonchev–Trinajstić information content (AvgIpc) is 3.51. The summed E-state index contributed by atoms with van der Waals surface area (Å²) >= 11 is 1.38. The molecule has 0 spiro atoms. The van der Waals surface area contributed by atoms with Crippen LogP contribution in [0.15, 0.2) is 52.5 Å². The molecule has 33 heavy (non-hydrogen) atoms. The van der Waals surface area contributed by atoms with E-state index in [2.05, 4.69) is 15.6 Å². The van der Waals surface area contributed by atoms with Crippen LogP contribution in [0.25, 0.3) is 11.3 Å². The lowest BCUT2D eigenvalue weighted by Crippen LogP contribution is -2.41. The normalized spacial score (nSPS) is 15.2. The average molecular weight is 467 g/mol. The Balaban J connectivity index is 1.31. The molecule has 1 aliphatic rings. The Hall–Kier alpha value is -3.46. The topological polar surface area (TPSA) is 105 Å². The van der Waals surface area contributed by atoms with Gasteiger partial charge in [0.05, 0.1) is 18.0 Å². The second-order valence-corrected chi connectivity index (χ2v) is 8.97. The van der Waals surface area contributed by atoms with Gasteiger partial charge in [0.2, 0.25) is 11.8 Å². The minimum Gasteiger partial charge on any atom is -0.459 e. The van der Waals surface area contributed by atoms with Gasteiger partial charge in [-0.15, -0.1) is 11.3 Å². The molecule has 1 saturated heterocycles. The zero-order valence-corrected chi connectivity index (χ0v) is 19.4. The van der Waals surface area contributed by atoms with Gasteiger partial charge >= 0.3 is 0 Å². The minimum absolute atomic E-state index is 0.0670. The van der Waals surface area contributed by atoms with Crippen LogP contribution in [0, 0.1) is 5.92 Å². The van der Waals surface area contributed by atoms with E-state index in [1.54, 1.807) is 17.0 Å². The third kappa shape index (κ3) is 5.48. The summed E-state index contributed by atoms with van der Waals surface area (Å²) in [5, 5.41) is 8.25. The molecular formula is C24H26N4O4S. The SMILES string of the molecule is CC(=O)NC(C)c1ccc(-c2csc(NC(=O)C3CCN(C(=O)c4ccco4)CC3)n2)cc1. The van der Waals surface area contributed by atoms with Crippen LogP contribution >= 0.6 is 11.3 Å². The number of piperidine rings is 1. The van der Waals surface area contributed by atoms with E-state index in [-0.39, 0.29) is 29.7 Å². The van der Waals surface area contributed by atoms with E-state index < -0.39 is 0 Å². The molecule has 1 atom stereocenters. The molecule has 8 nitrogen and oxygen atoms in total. The van der Waals surface area contributed by atoms with Crippen molar-refractivity contribution in [3.05, 3.63) is 59.4 Å².